The number of nitrogens with two attached hydrogens (primary N) is 2. The average molecular weight is 354 g/mol. The van der Waals surface area contributed by atoms with Gasteiger partial charge in [-0.2, -0.15) is 0 Å². The van der Waals surface area contributed by atoms with E-state index in [0.29, 0.717) is 5.41 Å². The third kappa shape index (κ3) is 2.80. The minimum absolute atomic E-state index is 0.481. The van der Waals surface area contributed by atoms with Crippen molar-refractivity contribution in [3.63, 3.8) is 0 Å². The van der Waals surface area contributed by atoms with E-state index < -0.39 is 0 Å². The second kappa shape index (κ2) is 6.16. The molecule has 1 spiro atoms. The summed E-state index contributed by atoms with van der Waals surface area (Å²) in [6.45, 7) is 0. The highest BCUT2D eigenvalue weighted by Crippen LogP contribution is 2.52. The van der Waals surface area contributed by atoms with Crippen LogP contribution in [0.15, 0.2) is 60.7 Å². The number of rotatable bonds is 2. The van der Waals surface area contributed by atoms with Crippen LogP contribution in [0.2, 0.25) is 0 Å². The quantitative estimate of drug-likeness (QED) is 0.568. The number of hydrogen-bond acceptors (Lipinski definition) is 2. The first kappa shape index (κ1) is 16.4. The van der Waals surface area contributed by atoms with Crippen LogP contribution in [0.5, 0.6) is 0 Å². The molecule has 0 atom stereocenters. The standard InChI is InChI=1S/C25H26N2/c26-19-7-3-17(4-8-19)21-11-12-22(18-5-9-20(27)10-6-18)24-16-25(15-23(21)24)13-1-2-14-25/h3-12H,1-2,13-16,26-27H2. The highest BCUT2D eigenvalue weighted by atomic mass is 14.5. The second-order valence-electron chi connectivity index (χ2n) is 8.42. The van der Waals surface area contributed by atoms with Crippen LogP contribution in [-0.4, -0.2) is 0 Å². The zero-order valence-corrected chi connectivity index (χ0v) is 15.7. The molecule has 27 heavy (non-hydrogen) atoms. The molecular formula is C25H26N2. The van der Waals surface area contributed by atoms with Gasteiger partial charge in [0.15, 0.2) is 0 Å². The topological polar surface area (TPSA) is 52.0 Å². The lowest BCUT2D eigenvalue weighted by molar-refractivity contribution is 0.318. The van der Waals surface area contributed by atoms with Crippen LogP contribution in [0.25, 0.3) is 22.3 Å². The van der Waals surface area contributed by atoms with Gasteiger partial charge in [0.2, 0.25) is 0 Å². The lowest BCUT2D eigenvalue weighted by Crippen LogP contribution is -2.15. The Labute approximate surface area is 161 Å². The largest absolute Gasteiger partial charge is 0.399 e. The lowest BCUT2D eigenvalue weighted by Gasteiger charge is -2.22. The van der Waals surface area contributed by atoms with Crippen molar-refractivity contribution in [1.29, 1.82) is 0 Å². The Morgan fingerprint density at radius 3 is 1.37 bits per heavy atom. The molecule has 3 aromatic carbocycles. The molecule has 136 valence electrons. The van der Waals surface area contributed by atoms with Crippen LogP contribution in [0.3, 0.4) is 0 Å². The average Bonchev–Trinajstić information content (AvgIpc) is 3.29. The van der Waals surface area contributed by atoms with Crippen molar-refractivity contribution < 1.29 is 0 Å². The first-order chi connectivity index (χ1) is 13.1. The molecule has 0 amide bonds. The monoisotopic (exact) mass is 354 g/mol. The predicted molar refractivity (Wildman–Crippen MR) is 114 cm³/mol. The molecule has 0 saturated heterocycles. The van der Waals surface area contributed by atoms with Gasteiger partial charge < -0.3 is 11.5 Å². The van der Waals surface area contributed by atoms with Gasteiger partial charge in [0.1, 0.15) is 0 Å². The molecular weight excluding hydrogens is 328 g/mol. The Morgan fingerprint density at radius 1 is 0.556 bits per heavy atom. The van der Waals surface area contributed by atoms with E-state index >= 15 is 0 Å². The van der Waals surface area contributed by atoms with E-state index in [1.54, 1.807) is 11.1 Å². The van der Waals surface area contributed by atoms with Crippen molar-refractivity contribution in [1.82, 2.24) is 0 Å². The molecule has 2 nitrogen and oxygen atoms in total. The summed E-state index contributed by atoms with van der Waals surface area (Å²) in [5, 5.41) is 0. The Hall–Kier alpha value is -2.74. The van der Waals surface area contributed by atoms with E-state index in [1.165, 1.54) is 60.8 Å². The molecule has 2 heteroatoms. The predicted octanol–water partition coefficient (Wildman–Crippen LogP) is 5.84. The maximum absolute atomic E-state index is 5.91. The zero-order chi connectivity index (χ0) is 18.4. The molecule has 3 aromatic rings. The molecule has 0 radical (unpaired) electrons. The van der Waals surface area contributed by atoms with Crippen molar-refractivity contribution in [2.45, 2.75) is 38.5 Å². The summed E-state index contributed by atoms with van der Waals surface area (Å²) < 4.78 is 0. The van der Waals surface area contributed by atoms with E-state index in [0.717, 1.165) is 11.4 Å². The fourth-order valence-electron chi connectivity index (χ4n) is 5.25. The van der Waals surface area contributed by atoms with Crippen molar-refractivity contribution >= 4 is 11.4 Å². The molecule has 5 rings (SSSR count). The molecule has 1 saturated carbocycles. The van der Waals surface area contributed by atoms with E-state index in [4.69, 9.17) is 11.5 Å². The normalized spacial score (nSPS) is 17.3. The maximum Gasteiger partial charge on any atom is 0.0314 e. The van der Waals surface area contributed by atoms with Crippen molar-refractivity contribution in [3.8, 4) is 22.3 Å². The maximum atomic E-state index is 5.91. The summed E-state index contributed by atoms with van der Waals surface area (Å²) in [5.41, 5.74) is 22.4. The van der Waals surface area contributed by atoms with Gasteiger partial charge >= 0.3 is 0 Å². The molecule has 0 aromatic heterocycles. The minimum Gasteiger partial charge on any atom is -0.399 e. The summed E-state index contributed by atoms with van der Waals surface area (Å²) in [5.74, 6) is 0. The molecule has 0 aliphatic heterocycles. The Morgan fingerprint density at radius 2 is 0.963 bits per heavy atom. The molecule has 0 unspecified atom stereocenters. The molecule has 2 aliphatic carbocycles. The lowest BCUT2D eigenvalue weighted by atomic mass is 9.82. The smallest absolute Gasteiger partial charge is 0.0314 e. The summed E-state index contributed by atoms with van der Waals surface area (Å²) in [6.07, 6.45) is 7.91. The molecule has 1 fully saturated rings. The van der Waals surface area contributed by atoms with Gasteiger partial charge in [-0.25, -0.2) is 0 Å². The van der Waals surface area contributed by atoms with Crippen LogP contribution < -0.4 is 11.5 Å². The third-order valence-electron chi connectivity index (χ3n) is 6.64. The fraction of sp³-hybridized carbons (Fsp3) is 0.280. The van der Waals surface area contributed by atoms with E-state index in [9.17, 15) is 0 Å². The fourth-order valence-corrected chi connectivity index (χ4v) is 5.25. The highest BCUT2D eigenvalue weighted by molar-refractivity contribution is 5.79. The van der Waals surface area contributed by atoms with Gasteiger partial charge in [-0.1, -0.05) is 49.2 Å². The second-order valence-corrected chi connectivity index (χ2v) is 8.42. The van der Waals surface area contributed by atoms with Gasteiger partial charge in [-0.15, -0.1) is 0 Å². The van der Waals surface area contributed by atoms with Crippen LogP contribution in [-0.2, 0) is 12.8 Å². The number of benzene rings is 3. The Bertz CT molecular complexity index is 902. The van der Waals surface area contributed by atoms with Gasteiger partial charge in [-0.3, -0.25) is 0 Å². The summed E-state index contributed by atoms with van der Waals surface area (Å²) in [4.78, 5) is 0. The number of nitrogen functional groups attached to an aromatic ring is 2. The van der Waals surface area contributed by atoms with Gasteiger partial charge in [-0.05, 0) is 88.7 Å². The summed E-state index contributed by atoms with van der Waals surface area (Å²) >= 11 is 0. The molecule has 4 N–H and O–H groups in total. The van der Waals surface area contributed by atoms with Crippen LogP contribution in [0.1, 0.15) is 36.8 Å². The Balaban J connectivity index is 1.67. The van der Waals surface area contributed by atoms with Crippen molar-refractivity contribution in [3.05, 3.63) is 71.8 Å². The first-order valence-electron chi connectivity index (χ1n) is 10.0. The van der Waals surface area contributed by atoms with Crippen molar-refractivity contribution in [2.24, 2.45) is 5.41 Å². The van der Waals surface area contributed by atoms with E-state index in [2.05, 4.69) is 36.4 Å². The Kier molecular flexibility index (Phi) is 3.75. The highest BCUT2D eigenvalue weighted by Gasteiger charge is 2.41. The van der Waals surface area contributed by atoms with E-state index in [-0.39, 0.29) is 0 Å². The number of hydrogen-bond donors (Lipinski definition) is 2. The summed E-state index contributed by atoms with van der Waals surface area (Å²) in [6, 6.07) is 21.3. The minimum atomic E-state index is 0.481. The zero-order valence-electron chi connectivity index (χ0n) is 15.7. The van der Waals surface area contributed by atoms with Crippen LogP contribution >= 0.6 is 0 Å². The first-order valence-corrected chi connectivity index (χ1v) is 10.0. The third-order valence-corrected chi connectivity index (χ3v) is 6.64. The van der Waals surface area contributed by atoms with Crippen LogP contribution in [0, 0.1) is 5.41 Å². The molecule has 0 heterocycles. The van der Waals surface area contributed by atoms with Gasteiger partial charge in [0.25, 0.3) is 0 Å². The van der Waals surface area contributed by atoms with Gasteiger partial charge in [0.05, 0.1) is 0 Å². The van der Waals surface area contributed by atoms with Crippen LogP contribution in [0.4, 0.5) is 11.4 Å². The number of fused-ring (bicyclic) bond motifs is 1. The van der Waals surface area contributed by atoms with E-state index in [1.807, 2.05) is 24.3 Å². The summed E-state index contributed by atoms with van der Waals surface area (Å²) in [7, 11) is 0. The molecule has 0 bridgehead atoms. The molecule has 2 aliphatic rings. The van der Waals surface area contributed by atoms with Crippen molar-refractivity contribution in [2.75, 3.05) is 11.5 Å². The van der Waals surface area contributed by atoms with Gasteiger partial charge in [0, 0.05) is 11.4 Å². The number of anilines is 2. The SMILES string of the molecule is Nc1ccc(-c2ccc(-c3ccc(N)cc3)c3c2CC2(CCCC2)C3)cc1.